The van der Waals surface area contributed by atoms with E-state index in [1.807, 2.05) is 43.3 Å². The van der Waals surface area contributed by atoms with Crippen LogP contribution in [0.5, 0.6) is 5.88 Å². The van der Waals surface area contributed by atoms with Crippen molar-refractivity contribution in [3.63, 3.8) is 0 Å². The maximum atomic E-state index is 5.83. The number of nitrogens with zero attached hydrogens (tertiary/aromatic N) is 4. The van der Waals surface area contributed by atoms with Crippen molar-refractivity contribution in [2.24, 2.45) is 0 Å². The van der Waals surface area contributed by atoms with Crippen molar-refractivity contribution in [1.29, 1.82) is 0 Å². The van der Waals surface area contributed by atoms with Crippen molar-refractivity contribution in [1.82, 2.24) is 15.0 Å². The van der Waals surface area contributed by atoms with Crippen LogP contribution in [0.25, 0.3) is 0 Å². The van der Waals surface area contributed by atoms with Crippen LogP contribution in [-0.2, 0) is 6.61 Å². The van der Waals surface area contributed by atoms with Gasteiger partial charge < -0.3 is 15.0 Å². The molecule has 0 unspecified atom stereocenters. The van der Waals surface area contributed by atoms with Crippen LogP contribution in [0, 0.1) is 6.92 Å². The highest BCUT2D eigenvalue weighted by molar-refractivity contribution is 7.13. The number of rotatable bonds is 6. The van der Waals surface area contributed by atoms with E-state index in [0.29, 0.717) is 18.5 Å². The molecule has 4 rings (SSSR count). The van der Waals surface area contributed by atoms with Crippen LogP contribution in [0.15, 0.2) is 48.0 Å². The smallest absolute Gasteiger partial charge is 0.228 e. The van der Waals surface area contributed by atoms with E-state index in [2.05, 4.69) is 30.5 Å². The summed E-state index contributed by atoms with van der Waals surface area (Å²) in [5, 5.41) is 6.63. The Balaban J connectivity index is 1.31. The second-order valence-corrected chi connectivity index (χ2v) is 7.53. The number of piperidine rings is 1. The summed E-state index contributed by atoms with van der Waals surface area (Å²) < 4.78 is 5.83. The van der Waals surface area contributed by atoms with Gasteiger partial charge in [-0.15, -0.1) is 11.3 Å². The number of hydrogen-bond acceptors (Lipinski definition) is 7. The van der Waals surface area contributed by atoms with Gasteiger partial charge in [0, 0.05) is 36.8 Å². The normalized spacial score (nSPS) is 14.9. The molecule has 7 heteroatoms. The van der Waals surface area contributed by atoms with E-state index in [-0.39, 0.29) is 0 Å². The Labute approximate surface area is 163 Å². The number of aryl methyl sites for hydroxylation is 1. The highest BCUT2D eigenvalue weighted by Crippen LogP contribution is 2.22. The van der Waals surface area contributed by atoms with Gasteiger partial charge in [-0.3, -0.25) is 0 Å². The van der Waals surface area contributed by atoms with Crippen molar-refractivity contribution >= 4 is 22.4 Å². The third-order valence-corrected chi connectivity index (χ3v) is 5.46. The Hall–Kier alpha value is -2.67. The van der Waals surface area contributed by atoms with Crippen molar-refractivity contribution in [2.45, 2.75) is 32.4 Å². The van der Waals surface area contributed by atoms with Crippen molar-refractivity contribution in [3.05, 3.63) is 59.2 Å². The van der Waals surface area contributed by atoms with Crippen LogP contribution in [0.4, 0.5) is 11.1 Å². The first-order valence-electron chi connectivity index (χ1n) is 9.20. The fourth-order valence-electron chi connectivity index (χ4n) is 3.12. The molecular formula is C20H23N5OS. The summed E-state index contributed by atoms with van der Waals surface area (Å²) in [5.74, 6) is 1.35. The quantitative estimate of drug-likeness (QED) is 0.699. The molecule has 0 bridgehead atoms. The summed E-state index contributed by atoms with van der Waals surface area (Å²) >= 11 is 1.67. The van der Waals surface area contributed by atoms with Crippen LogP contribution < -0.4 is 15.0 Å². The molecule has 0 amide bonds. The summed E-state index contributed by atoms with van der Waals surface area (Å²) in [4.78, 5) is 15.7. The van der Waals surface area contributed by atoms with Crippen molar-refractivity contribution < 1.29 is 4.74 Å². The van der Waals surface area contributed by atoms with Gasteiger partial charge in [-0.1, -0.05) is 30.3 Å². The van der Waals surface area contributed by atoms with Gasteiger partial charge in [-0.2, -0.15) is 4.98 Å². The maximum Gasteiger partial charge on any atom is 0.228 e. The summed E-state index contributed by atoms with van der Waals surface area (Å²) in [7, 11) is 0. The maximum absolute atomic E-state index is 5.83. The molecule has 3 aromatic rings. The number of anilines is 2. The summed E-state index contributed by atoms with van der Waals surface area (Å²) in [5.41, 5.74) is 2.20. The fraction of sp³-hybridized carbons (Fsp3) is 0.350. The van der Waals surface area contributed by atoms with E-state index < -0.39 is 0 Å². The molecule has 1 fully saturated rings. The zero-order valence-corrected chi connectivity index (χ0v) is 16.2. The van der Waals surface area contributed by atoms with Crippen molar-refractivity contribution in [2.75, 3.05) is 23.3 Å². The number of aromatic nitrogens is 3. The second kappa shape index (κ2) is 8.35. The first-order chi connectivity index (χ1) is 13.3. The largest absolute Gasteiger partial charge is 0.473 e. The molecule has 27 heavy (non-hydrogen) atoms. The standard InChI is InChI=1S/C20H23N5OS/c1-15-14-27-20(22-15)23-17-8-11-25(12-9-17)19-21-10-7-18(24-19)26-13-16-5-3-2-4-6-16/h2-7,10,14,17H,8-9,11-13H2,1H3,(H,22,23). The lowest BCUT2D eigenvalue weighted by Crippen LogP contribution is -2.40. The predicted octanol–water partition coefficient (Wildman–Crippen LogP) is 3.90. The number of hydrogen-bond donors (Lipinski definition) is 1. The molecule has 1 aliphatic rings. The topological polar surface area (TPSA) is 63.2 Å². The van der Waals surface area contributed by atoms with Gasteiger partial charge in [0.25, 0.3) is 0 Å². The monoisotopic (exact) mass is 381 g/mol. The van der Waals surface area contributed by atoms with E-state index in [1.165, 1.54) is 0 Å². The van der Waals surface area contributed by atoms with Crippen LogP contribution in [-0.4, -0.2) is 34.1 Å². The molecular weight excluding hydrogens is 358 g/mol. The van der Waals surface area contributed by atoms with Gasteiger partial charge in [-0.25, -0.2) is 9.97 Å². The Morgan fingerprint density at radius 3 is 2.70 bits per heavy atom. The first-order valence-corrected chi connectivity index (χ1v) is 10.1. The molecule has 0 radical (unpaired) electrons. The van der Waals surface area contributed by atoms with Gasteiger partial charge in [-0.05, 0) is 25.3 Å². The third kappa shape index (κ3) is 4.74. The minimum Gasteiger partial charge on any atom is -0.473 e. The molecule has 1 N–H and O–H groups in total. The molecule has 0 atom stereocenters. The molecule has 3 heterocycles. The lowest BCUT2D eigenvalue weighted by molar-refractivity contribution is 0.293. The molecule has 0 aliphatic carbocycles. The van der Waals surface area contributed by atoms with Gasteiger partial charge in [0.15, 0.2) is 5.13 Å². The Kier molecular flexibility index (Phi) is 5.48. The zero-order chi connectivity index (χ0) is 18.5. The highest BCUT2D eigenvalue weighted by Gasteiger charge is 2.21. The minimum atomic E-state index is 0.448. The van der Waals surface area contributed by atoms with Crippen LogP contribution in [0.2, 0.25) is 0 Å². The number of ether oxygens (including phenoxy) is 1. The van der Waals surface area contributed by atoms with Gasteiger partial charge in [0.2, 0.25) is 11.8 Å². The second-order valence-electron chi connectivity index (χ2n) is 6.67. The number of benzene rings is 1. The summed E-state index contributed by atoms with van der Waals surface area (Å²) in [6.07, 6.45) is 3.85. The number of nitrogens with one attached hydrogen (secondary N) is 1. The molecule has 1 aliphatic heterocycles. The third-order valence-electron chi connectivity index (χ3n) is 4.57. The fourth-order valence-corrected chi connectivity index (χ4v) is 3.88. The average Bonchev–Trinajstić information content (AvgIpc) is 3.13. The highest BCUT2D eigenvalue weighted by atomic mass is 32.1. The number of thiazole rings is 1. The Morgan fingerprint density at radius 1 is 1.15 bits per heavy atom. The molecule has 2 aromatic heterocycles. The lowest BCUT2D eigenvalue weighted by Gasteiger charge is -2.32. The lowest BCUT2D eigenvalue weighted by atomic mass is 10.1. The molecule has 0 saturated carbocycles. The summed E-state index contributed by atoms with van der Waals surface area (Å²) in [6, 6.07) is 12.4. The van der Waals surface area contributed by atoms with Crippen LogP contribution in [0.1, 0.15) is 24.1 Å². The van der Waals surface area contributed by atoms with E-state index >= 15 is 0 Å². The van der Waals surface area contributed by atoms with Crippen LogP contribution in [0.3, 0.4) is 0 Å². The zero-order valence-electron chi connectivity index (χ0n) is 15.3. The van der Waals surface area contributed by atoms with E-state index in [1.54, 1.807) is 17.5 Å². The molecule has 6 nitrogen and oxygen atoms in total. The average molecular weight is 382 g/mol. The van der Waals surface area contributed by atoms with E-state index in [0.717, 1.165) is 48.3 Å². The summed E-state index contributed by atoms with van der Waals surface area (Å²) in [6.45, 7) is 4.37. The Morgan fingerprint density at radius 2 is 1.96 bits per heavy atom. The first kappa shape index (κ1) is 17.7. The van der Waals surface area contributed by atoms with Crippen molar-refractivity contribution in [3.8, 4) is 5.88 Å². The van der Waals surface area contributed by atoms with E-state index in [4.69, 9.17) is 4.74 Å². The van der Waals surface area contributed by atoms with E-state index in [9.17, 15) is 0 Å². The van der Waals surface area contributed by atoms with Gasteiger partial charge in [0.1, 0.15) is 6.61 Å². The molecule has 0 spiro atoms. The Bertz CT molecular complexity index is 862. The SMILES string of the molecule is Cc1csc(NC2CCN(c3nccc(OCc4ccccc4)n3)CC2)n1. The van der Waals surface area contributed by atoms with Gasteiger partial charge >= 0.3 is 0 Å². The van der Waals surface area contributed by atoms with Gasteiger partial charge in [0.05, 0.1) is 5.69 Å². The molecule has 1 saturated heterocycles. The van der Waals surface area contributed by atoms with Crippen LogP contribution >= 0.6 is 11.3 Å². The predicted molar refractivity (Wildman–Crippen MR) is 109 cm³/mol. The molecule has 1 aromatic carbocycles. The molecule has 140 valence electrons. The minimum absolute atomic E-state index is 0.448.